The van der Waals surface area contributed by atoms with Crippen molar-refractivity contribution >= 4 is 17.9 Å². The van der Waals surface area contributed by atoms with Crippen LogP contribution in [0.1, 0.15) is 40.9 Å². The highest BCUT2D eigenvalue weighted by Crippen LogP contribution is 2.46. The third-order valence-electron chi connectivity index (χ3n) is 4.16. The minimum atomic E-state index is -0.640. The van der Waals surface area contributed by atoms with Gasteiger partial charge in [-0.1, -0.05) is 36.4 Å². The van der Waals surface area contributed by atoms with Crippen molar-refractivity contribution < 1.29 is 19.7 Å². The summed E-state index contributed by atoms with van der Waals surface area (Å²) in [5.74, 6) is -0.518. The zero-order chi connectivity index (χ0) is 18.2. The molecule has 25 heavy (non-hydrogen) atoms. The Labute approximate surface area is 146 Å². The van der Waals surface area contributed by atoms with Crippen LogP contribution in [0.4, 0.5) is 0 Å². The van der Waals surface area contributed by atoms with E-state index in [2.05, 4.69) is 0 Å². The van der Waals surface area contributed by atoms with Crippen molar-refractivity contribution in [2.45, 2.75) is 26.4 Å². The summed E-state index contributed by atoms with van der Waals surface area (Å²) in [5, 5.41) is 20.7. The molecule has 2 aromatic rings. The topological polar surface area (TPSA) is 66.8 Å². The molecule has 0 unspecified atom stereocenters. The third-order valence-corrected chi connectivity index (χ3v) is 4.16. The average Bonchev–Trinajstić information content (AvgIpc) is 2.58. The van der Waals surface area contributed by atoms with Crippen LogP contribution in [0.5, 0.6) is 17.2 Å². The number of allylic oxidation sites excluding steroid dienone is 1. The van der Waals surface area contributed by atoms with E-state index in [0.29, 0.717) is 5.56 Å². The number of rotatable bonds is 3. The lowest BCUT2D eigenvalue weighted by atomic mass is 9.93. The Balaban J connectivity index is 2.10. The van der Waals surface area contributed by atoms with Gasteiger partial charge in [0, 0.05) is 5.56 Å². The SMILES string of the molecule is Cc1c(O)c2c(c(C(=O)/C=C/c3ccccc3)c1O)OC(C)(C)C=C2. The number of hydrogen-bond acceptors (Lipinski definition) is 4. The first-order valence-corrected chi connectivity index (χ1v) is 8.04. The van der Waals surface area contributed by atoms with Gasteiger partial charge in [-0.3, -0.25) is 4.79 Å². The second-order valence-electron chi connectivity index (χ2n) is 6.59. The quantitative estimate of drug-likeness (QED) is 0.640. The first kappa shape index (κ1) is 16.8. The molecular weight excluding hydrogens is 316 g/mol. The molecule has 3 rings (SSSR count). The van der Waals surface area contributed by atoms with Gasteiger partial charge < -0.3 is 14.9 Å². The fraction of sp³-hybridized carbons (Fsp3) is 0.190. The number of carbonyl (C=O) groups excluding carboxylic acids is 1. The van der Waals surface area contributed by atoms with Crippen molar-refractivity contribution in [1.29, 1.82) is 0 Å². The molecule has 1 heterocycles. The van der Waals surface area contributed by atoms with Crippen molar-refractivity contribution in [3.05, 3.63) is 64.7 Å². The molecule has 4 nitrogen and oxygen atoms in total. The molecule has 0 aromatic heterocycles. The lowest BCUT2D eigenvalue weighted by molar-refractivity contribution is 0.103. The zero-order valence-electron chi connectivity index (χ0n) is 14.4. The third kappa shape index (κ3) is 3.15. The van der Waals surface area contributed by atoms with E-state index in [0.717, 1.165) is 5.56 Å². The molecule has 128 valence electrons. The molecule has 0 spiro atoms. The van der Waals surface area contributed by atoms with Crippen LogP contribution in [0, 0.1) is 6.92 Å². The van der Waals surface area contributed by atoms with Crippen LogP contribution in [0.2, 0.25) is 0 Å². The van der Waals surface area contributed by atoms with E-state index in [1.165, 1.54) is 6.08 Å². The molecule has 1 aliphatic heterocycles. The van der Waals surface area contributed by atoms with Gasteiger partial charge in [-0.25, -0.2) is 0 Å². The molecule has 0 saturated carbocycles. The van der Waals surface area contributed by atoms with Crippen LogP contribution in [-0.4, -0.2) is 21.6 Å². The Hall–Kier alpha value is -3.01. The van der Waals surface area contributed by atoms with Crippen LogP contribution in [0.15, 0.2) is 42.5 Å². The van der Waals surface area contributed by atoms with E-state index < -0.39 is 5.60 Å². The molecule has 0 saturated heterocycles. The Morgan fingerprint density at radius 1 is 1.12 bits per heavy atom. The molecule has 0 aliphatic carbocycles. The largest absolute Gasteiger partial charge is 0.507 e. The smallest absolute Gasteiger partial charge is 0.193 e. The van der Waals surface area contributed by atoms with E-state index in [1.807, 2.05) is 44.2 Å². The number of carbonyl (C=O) groups is 1. The Morgan fingerprint density at radius 3 is 2.48 bits per heavy atom. The van der Waals surface area contributed by atoms with Crippen LogP contribution in [-0.2, 0) is 0 Å². The summed E-state index contributed by atoms with van der Waals surface area (Å²) in [7, 11) is 0. The zero-order valence-corrected chi connectivity index (χ0v) is 14.4. The minimum absolute atomic E-state index is 0.0647. The molecule has 2 aromatic carbocycles. The molecule has 0 fully saturated rings. The van der Waals surface area contributed by atoms with Gasteiger partial charge in [0.25, 0.3) is 0 Å². The number of benzene rings is 2. The van der Waals surface area contributed by atoms with Crippen LogP contribution >= 0.6 is 0 Å². The monoisotopic (exact) mass is 336 g/mol. The minimum Gasteiger partial charge on any atom is -0.507 e. The van der Waals surface area contributed by atoms with E-state index in [4.69, 9.17) is 4.74 Å². The van der Waals surface area contributed by atoms with Crippen molar-refractivity contribution in [3.8, 4) is 17.2 Å². The van der Waals surface area contributed by atoms with Gasteiger partial charge in [0.1, 0.15) is 28.4 Å². The van der Waals surface area contributed by atoms with Crippen LogP contribution < -0.4 is 4.74 Å². The van der Waals surface area contributed by atoms with Crippen molar-refractivity contribution in [2.75, 3.05) is 0 Å². The van der Waals surface area contributed by atoms with E-state index in [1.54, 1.807) is 25.2 Å². The van der Waals surface area contributed by atoms with Gasteiger partial charge in [0.2, 0.25) is 0 Å². The number of hydrogen-bond donors (Lipinski definition) is 2. The van der Waals surface area contributed by atoms with Gasteiger partial charge in [0.15, 0.2) is 5.78 Å². The van der Waals surface area contributed by atoms with Crippen molar-refractivity contribution in [1.82, 2.24) is 0 Å². The van der Waals surface area contributed by atoms with E-state index in [9.17, 15) is 15.0 Å². The number of phenols is 2. The van der Waals surface area contributed by atoms with E-state index >= 15 is 0 Å². The van der Waals surface area contributed by atoms with Crippen LogP contribution in [0.3, 0.4) is 0 Å². The van der Waals surface area contributed by atoms with Crippen LogP contribution in [0.25, 0.3) is 12.2 Å². The predicted molar refractivity (Wildman–Crippen MR) is 98.1 cm³/mol. The second-order valence-corrected chi connectivity index (χ2v) is 6.59. The standard InChI is InChI=1S/C21H20O4/c1-13-18(23)15-11-12-21(2,3)25-20(15)17(19(13)24)16(22)10-9-14-7-5-4-6-8-14/h4-12,23-24H,1-3H3/b10-9+. The maximum atomic E-state index is 12.8. The molecular formula is C21H20O4. The highest BCUT2D eigenvalue weighted by molar-refractivity contribution is 6.12. The maximum absolute atomic E-state index is 12.8. The molecule has 2 N–H and O–H groups in total. The number of aromatic hydroxyl groups is 2. The molecule has 0 atom stereocenters. The summed E-state index contributed by atoms with van der Waals surface area (Å²) in [4.78, 5) is 12.8. The molecule has 0 amide bonds. The summed E-state index contributed by atoms with van der Waals surface area (Å²) in [6.45, 7) is 5.25. The molecule has 0 bridgehead atoms. The molecule has 4 heteroatoms. The normalized spacial score (nSPS) is 15.0. The number of phenolic OH excluding ortho intramolecular Hbond substituents is 2. The van der Waals surface area contributed by atoms with Gasteiger partial charge in [-0.15, -0.1) is 0 Å². The summed E-state index contributed by atoms with van der Waals surface area (Å²) in [6.07, 6.45) is 6.61. The summed E-state index contributed by atoms with van der Waals surface area (Å²) < 4.78 is 5.88. The van der Waals surface area contributed by atoms with Gasteiger partial charge in [0.05, 0.1) is 5.56 Å². The fourth-order valence-electron chi connectivity index (χ4n) is 2.74. The fourth-order valence-corrected chi connectivity index (χ4v) is 2.74. The maximum Gasteiger partial charge on any atom is 0.193 e. The van der Waals surface area contributed by atoms with Gasteiger partial charge >= 0.3 is 0 Å². The summed E-state index contributed by atoms with van der Waals surface area (Å²) in [6, 6.07) is 9.41. The Bertz CT molecular complexity index is 890. The first-order valence-electron chi connectivity index (χ1n) is 8.04. The van der Waals surface area contributed by atoms with Crippen molar-refractivity contribution in [3.63, 3.8) is 0 Å². The Kier molecular flexibility index (Phi) is 4.13. The Morgan fingerprint density at radius 2 is 1.80 bits per heavy atom. The lowest BCUT2D eigenvalue weighted by Gasteiger charge is -2.30. The first-order chi connectivity index (χ1) is 11.8. The highest BCUT2D eigenvalue weighted by atomic mass is 16.5. The summed E-state index contributed by atoms with van der Waals surface area (Å²) in [5.41, 5.74) is 0.962. The predicted octanol–water partition coefficient (Wildman–Crippen LogP) is 4.49. The number of ketones is 1. The van der Waals surface area contributed by atoms with Gasteiger partial charge in [-0.2, -0.15) is 0 Å². The molecule has 0 radical (unpaired) electrons. The summed E-state index contributed by atoms with van der Waals surface area (Å²) >= 11 is 0. The molecule has 1 aliphatic rings. The second kappa shape index (κ2) is 6.13. The lowest BCUT2D eigenvalue weighted by Crippen LogP contribution is -2.28. The average molecular weight is 336 g/mol. The van der Waals surface area contributed by atoms with Gasteiger partial charge in [-0.05, 0) is 44.6 Å². The number of fused-ring (bicyclic) bond motifs is 1. The van der Waals surface area contributed by atoms with E-state index in [-0.39, 0.29) is 34.2 Å². The highest BCUT2D eigenvalue weighted by Gasteiger charge is 2.31. The number of ether oxygens (including phenoxy) is 1. The van der Waals surface area contributed by atoms with Crippen molar-refractivity contribution in [2.24, 2.45) is 0 Å².